The summed E-state index contributed by atoms with van der Waals surface area (Å²) in [7, 11) is 0. The fraction of sp³-hybridized carbons (Fsp3) is 0.577. The van der Waals surface area contributed by atoms with Crippen LogP contribution in [0.1, 0.15) is 33.3 Å². The molecule has 1 aromatic carbocycles. The van der Waals surface area contributed by atoms with E-state index >= 15 is 0 Å². The maximum Gasteiger partial charge on any atom is 0.316 e. The number of carbonyl (C=O) groups is 5. The summed E-state index contributed by atoms with van der Waals surface area (Å²) in [6.45, 7) is 7.14. The first-order valence-electron chi connectivity index (χ1n) is 13.1. The molecule has 0 radical (unpaired) electrons. The molecule has 1 aliphatic rings. The van der Waals surface area contributed by atoms with Crippen molar-refractivity contribution in [1.82, 2.24) is 32.1 Å². The Morgan fingerprint density at radius 3 is 1.95 bits per heavy atom. The molecule has 2 rings (SSSR count). The number of carbonyl (C=O) groups excluding carboxylic acids is 5. The average molecular weight is 565 g/mol. The van der Waals surface area contributed by atoms with Gasteiger partial charge in [0.1, 0.15) is 30.5 Å². The quantitative estimate of drug-likeness (QED) is 0.244. The molecule has 14 nitrogen and oxygen atoms in total. The second-order valence-electron chi connectivity index (χ2n) is 9.99. The second-order valence-corrected chi connectivity index (χ2v) is 9.99. The van der Waals surface area contributed by atoms with Gasteiger partial charge in [0.05, 0.1) is 19.8 Å². The number of aromatic hydroxyl groups is 1. The minimum absolute atomic E-state index is 0.0599. The number of hydrogen-bond donors (Lipinski definition) is 7. The number of hydrazine groups is 1. The molecular formula is C26H40N6O8. The fourth-order valence-electron chi connectivity index (χ4n) is 3.74. The van der Waals surface area contributed by atoms with Crippen LogP contribution < -0.4 is 32.1 Å². The van der Waals surface area contributed by atoms with Crippen LogP contribution in [0.15, 0.2) is 24.3 Å². The van der Waals surface area contributed by atoms with Crippen LogP contribution in [-0.2, 0) is 35.1 Å². The van der Waals surface area contributed by atoms with Crippen LogP contribution in [0.5, 0.6) is 5.75 Å². The van der Waals surface area contributed by atoms with Gasteiger partial charge in [-0.3, -0.25) is 30.0 Å². The van der Waals surface area contributed by atoms with Crippen LogP contribution >= 0.6 is 0 Å². The van der Waals surface area contributed by atoms with E-state index in [0.29, 0.717) is 5.56 Å². The zero-order valence-corrected chi connectivity index (χ0v) is 23.2. The van der Waals surface area contributed by atoms with Crippen molar-refractivity contribution in [3.8, 4) is 5.75 Å². The Kier molecular flexibility index (Phi) is 13.1. The maximum atomic E-state index is 12.9. The van der Waals surface area contributed by atoms with Gasteiger partial charge in [-0.05, 0) is 29.5 Å². The molecule has 6 amide bonds. The molecule has 3 atom stereocenters. The van der Waals surface area contributed by atoms with Gasteiger partial charge in [0, 0.05) is 13.0 Å². The molecule has 40 heavy (non-hydrogen) atoms. The number of phenols is 1. The SMILES string of the molecule is CC(C)C1NC(=O)COCCOCCNC(=O)[C@H](Cc2ccc(O)cc2)NC(=O)N[C@@H](C(C)C)C(=O)NNC1=O. The zero-order chi connectivity index (χ0) is 29.7. The second kappa shape index (κ2) is 16.3. The Balaban J connectivity index is 2.20. The lowest BCUT2D eigenvalue weighted by Crippen LogP contribution is -2.60. The molecule has 0 saturated carbocycles. The van der Waals surface area contributed by atoms with Gasteiger partial charge in [-0.25, -0.2) is 4.79 Å². The van der Waals surface area contributed by atoms with Gasteiger partial charge in [0.15, 0.2) is 0 Å². The van der Waals surface area contributed by atoms with Crippen LogP contribution in [0.2, 0.25) is 0 Å². The highest BCUT2D eigenvalue weighted by atomic mass is 16.5. The number of benzene rings is 1. The average Bonchev–Trinajstić information content (AvgIpc) is 2.90. The molecule has 1 fully saturated rings. The summed E-state index contributed by atoms with van der Waals surface area (Å²) in [5.41, 5.74) is 5.28. The molecule has 0 spiro atoms. The van der Waals surface area contributed by atoms with Crippen LogP contribution in [0, 0.1) is 11.8 Å². The Morgan fingerprint density at radius 1 is 0.775 bits per heavy atom. The first-order valence-corrected chi connectivity index (χ1v) is 13.1. The van der Waals surface area contributed by atoms with Gasteiger partial charge in [-0.1, -0.05) is 39.8 Å². The molecule has 1 unspecified atom stereocenters. The Bertz CT molecular complexity index is 1020. The number of amides is 6. The van der Waals surface area contributed by atoms with E-state index in [1.165, 1.54) is 12.1 Å². The lowest BCUT2D eigenvalue weighted by molar-refractivity contribution is -0.135. The van der Waals surface area contributed by atoms with E-state index < -0.39 is 47.8 Å². The smallest absolute Gasteiger partial charge is 0.316 e. The van der Waals surface area contributed by atoms with E-state index in [2.05, 4.69) is 32.1 Å². The summed E-state index contributed by atoms with van der Waals surface area (Å²) < 4.78 is 10.7. The predicted octanol–water partition coefficient (Wildman–Crippen LogP) is -0.922. The minimum atomic E-state index is -1.07. The third-order valence-electron chi connectivity index (χ3n) is 5.96. The van der Waals surface area contributed by atoms with Gasteiger partial charge in [-0.2, -0.15) is 0 Å². The van der Waals surface area contributed by atoms with Crippen LogP contribution in [0.3, 0.4) is 0 Å². The van der Waals surface area contributed by atoms with Gasteiger partial charge >= 0.3 is 6.03 Å². The summed E-state index contributed by atoms with van der Waals surface area (Å²) in [5.74, 6) is -2.97. The van der Waals surface area contributed by atoms with Gasteiger partial charge < -0.3 is 35.8 Å². The molecule has 1 aliphatic heterocycles. The number of phenolic OH excluding ortho intramolecular Hbond substituents is 1. The molecule has 7 N–H and O–H groups in total. The molecule has 0 aliphatic carbocycles. The summed E-state index contributed by atoms with van der Waals surface area (Å²) in [6, 6.07) is 2.39. The summed E-state index contributed by atoms with van der Waals surface area (Å²) in [6.07, 6.45) is 0.112. The van der Waals surface area contributed by atoms with E-state index in [9.17, 15) is 29.1 Å². The van der Waals surface area contributed by atoms with Gasteiger partial charge in [-0.15, -0.1) is 0 Å². The third kappa shape index (κ3) is 11.1. The van der Waals surface area contributed by atoms with Crippen LogP contribution in [0.25, 0.3) is 0 Å². The summed E-state index contributed by atoms with van der Waals surface area (Å²) in [4.78, 5) is 63.7. The minimum Gasteiger partial charge on any atom is -0.508 e. The van der Waals surface area contributed by atoms with Crippen molar-refractivity contribution in [2.45, 2.75) is 52.2 Å². The van der Waals surface area contributed by atoms with Crippen molar-refractivity contribution >= 4 is 29.7 Å². The largest absolute Gasteiger partial charge is 0.508 e. The molecular weight excluding hydrogens is 524 g/mol. The van der Waals surface area contributed by atoms with Crippen LogP contribution in [0.4, 0.5) is 4.79 Å². The zero-order valence-electron chi connectivity index (χ0n) is 23.2. The van der Waals surface area contributed by atoms with E-state index in [1.807, 2.05) is 0 Å². The lowest BCUT2D eigenvalue weighted by Gasteiger charge is -2.25. The van der Waals surface area contributed by atoms with Crippen molar-refractivity contribution in [2.24, 2.45) is 11.8 Å². The Labute approximate surface area is 233 Å². The van der Waals surface area contributed by atoms with Crippen molar-refractivity contribution in [2.75, 3.05) is 33.0 Å². The first kappa shape index (κ1) is 32.3. The van der Waals surface area contributed by atoms with E-state index in [1.54, 1.807) is 39.8 Å². The van der Waals surface area contributed by atoms with E-state index in [-0.39, 0.29) is 57.0 Å². The number of hydrogen-bond acceptors (Lipinski definition) is 8. The van der Waals surface area contributed by atoms with Crippen LogP contribution in [-0.4, -0.2) is 85.9 Å². The predicted molar refractivity (Wildman–Crippen MR) is 144 cm³/mol. The molecule has 0 aromatic heterocycles. The molecule has 1 aromatic rings. The highest BCUT2D eigenvalue weighted by molar-refractivity contribution is 5.93. The van der Waals surface area contributed by atoms with Gasteiger partial charge in [0.2, 0.25) is 11.8 Å². The summed E-state index contributed by atoms with van der Waals surface area (Å²) >= 11 is 0. The highest BCUT2D eigenvalue weighted by Gasteiger charge is 2.29. The normalized spacial score (nSPS) is 23.1. The fourth-order valence-corrected chi connectivity index (χ4v) is 3.74. The topological polar surface area (TPSA) is 196 Å². The standard InChI is InChI=1S/C26H40N6O8/c1-15(2)21-24(36)31-32-25(37)22(16(3)4)30-26(38)28-19(13-17-5-7-18(33)8-6-17)23(35)27-9-10-39-11-12-40-14-20(34)29-21/h5-8,15-16,19,21-22,33H,9-14H2,1-4H3,(H,27,35)(H,29,34)(H,31,36)(H,32,37)(H2,28,30,38)/t19-,21?,22-/m0/s1. The lowest BCUT2D eigenvalue weighted by atomic mass is 10.0. The van der Waals surface area contributed by atoms with Crippen molar-refractivity contribution < 1.29 is 38.6 Å². The van der Waals surface area contributed by atoms with Crippen molar-refractivity contribution in [3.05, 3.63) is 29.8 Å². The van der Waals surface area contributed by atoms with Gasteiger partial charge in [0.25, 0.3) is 11.8 Å². The third-order valence-corrected chi connectivity index (χ3v) is 5.96. The molecule has 1 heterocycles. The Morgan fingerprint density at radius 2 is 1.35 bits per heavy atom. The number of ether oxygens (including phenoxy) is 2. The molecule has 1 saturated heterocycles. The monoisotopic (exact) mass is 564 g/mol. The number of rotatable bonds is 4. The number of nitrogens with one attached hydrogen (secondary N) is 6. The van der Waals surface area contributed by atoms with Crippen molar-refractivity contribution in [1.29, 1.82) is 0 Å². The van der Waals surface area contributed by atoms with E-state index in [4.69, 9.17) is 9.47 Å². The van der Waals surface area contributed by atoms with Crippen molar-refractivity contribution in [3.63, 3.8) is 0 Å². The molecule has 0 bridgehead atoms. The summed E-state index contributed by atoms with van der Waals surface area (Å²) in [5, 5.41) is 20.0. The Hall–Kier alpha value is -3.91. The molecule has 14 heteroatoms. The maximum absolute atomic E-state index is 12.9. The first-order chi connectivity index (χ1) is 19.0. The highest BCUT2D eigenvalue weighted by Crippen LogP contribution is 2.12. The molecule has 222 valence electrons. The number of urea groups is 1. The van der Waals surface area contributed by atoms with E-state index in [0.717, 1.165) is 0 Å².